The van der Waals surface area contributed by atoms with Crippen LogP contribution in [-0.4, -0.2) is 40.3 Å². The number of hydrogen-bond acceptors (Lipinski definition) is 5. The molecule has 3 fully saturated rings. The van der Waals surface area contributed by atoms with Crippen LogP contribution in [0.5, 0.6) is 0 Å². The number of hydrogen-bond donors (Lipinski definition) is 0. The molecule has 3 nitrogen and oxygen atoms in total. The average molecular weight is 375 g/mol. The SMILES string of the molecule is CC(C)N(c1ccccc1)C1C(C(=S)SC=C=O)CC2CCN1CC2. The molecule has 0 aliphatic carbocycles. The van der Waals surface area contributed by atoms with E-state index in [1.807, 2.05) is 5.94 Å². The normalized spacial score (nSPS) is 28.3. The van der Waals surface area contributed by atoms with Gasteiger partial charge in [0.25, 0.3) is 0 Å². The number of carbonyl (C=O) groups excluding carboxylic acids is 1. The molecule has 0 spiro atoms. The molecule has 0 aromatic heterocycles. The van der Waals surface area contributed by atoms with Crippen LogP contribution in [0.3, 0.4) is 0 Å². The first-order valence-corrected chi connectivity index (χ1v) is 10.4. The lowest BCUT2D eigenvalue weighted by Gasteiger charge is -2.45. The zero-order valence-electron chi connectivity index (χ0n) is 14.9. The summed E-state index contributed by atoms with van der Waals surface area (Å²) in [6, 6.07) is 11.0. The fourth-order valence-electron chi connectivity index (χ4n) is 4.30. The highest BCUT2D eigenvalue weighted by atomic mass is 32.2. The van der Waals surface area contributed by atoms with Crippen molar-refractivity contribution < 1.29 is 4.79 Å². The number of benzene rings is 1. The molecule has 3 saturated heterocycles. The molecule has 2 atom stereocenters. The summed E-state index contributed by atoms with van der Waals surface area (Å²) in [6.45, 7) is 6.78. The number of thiocarbonyl (C=S) groups is 1. The van der Waals surface area contributed by atoms with Crippen molar-refractivity contribution in [3.8, 4) is 0 Å². The molecule has 25 heavy (non-hydrogen) atoms. The molecule has 2 bridgehead atoms. The lowest BCUT2D eigenvalue weighted by atomic mass is 9.90. The Labute approximate surface area is 160 Å². The van der Waals surface area contributed by atoms with E-state index in [1.54, 1.807) is 0 Å². The van der Waals surface area contributed by atoms with Crippen LogP contribution in [0.1, 0.15) is 33.1 Å². The van der Waals surface area contributed by atoms with Crippen molar-refractivity contribution in [1.29, 1.82) is 0 Å². The molecule has 2 unspecified atom stereocenters. The largest absolute Gasteiger partial charge is 0.353 e. The fraction of sp³-hybridized carbons (Fsp3) is 0.550. The highest BCUT2D eigenvalue weighted by Gasteiger charge is 2.42. The first-order chi connectivity index (χ1) is 12.1. The van der Waals surface area contributed by atoms with E-state index in [-0.39, 0.29) is 12.1 Å². The zero-order chi connectivity index (χ0) is 17.8. The van der Waals surface area contributed by atoms with Gasteiger partial charge in [0.05, 0.1) is 15.8 Å². The number of fused-ring (bicyclic) bond motifs is 4. The van der Waals surface area contributed by atoms with Gasteiger partial charge >= 0.3 is 0 Å². The Balaban J connectivity index is 1.99. The summed E-state index contributed by atoms with van der Waals surface area (Å²) < 4.78 is 0.925. The summed E-state index contributed by atoms with van der Waals surface area (Å²) in [6.07, 6.45) is 3.89. The third kappa shape index (κ3) is 4.17. The van der Waals surface area contributed by atoms with Crippen molar-refractivity contribution >= 4 is 39.8 Å². The molecule has 1 aromatic rings. The Bertz CT molecular complexity index is 634. The third-order valence-corrected chi connectivity index (χ3v) is 6.73. The Kier molecular flexibility index (Phi) is 6.34. The molecule has 134 valence electrons. The third-order valence-electron chi connectivity index (χ3n) is 5.39. The minimum Gasteiger partial charge on any atom is -0.353 e. The van der Waals surface area contributed by atoms with Crippen molar-refractivity contribution in [1.82, 2.24) is 4.90 Å². The van der Waals surface area contributed by atoms with Crippen molar-refractivity contribution in [2.24, 2.45) is 11.8 Å². The van der Waals surface area contributed by atoms with Gasteiger partial charge in [0, 0.05) is 30.7 Å². The van der Waals surface area contributed by atoms with Gasteiger partial charge in [0.15, 0.2) is 0 Å². The Hall–Kier alpha value is -1.13. The first-order valence-electron chi connectivity index (χ1n) is 9.09. The quantitative estimate of drug-likeness (QED) is 0.563. The molecule has 1 aromatic carbocycles. The number of anilines is 1. The molecule has 3 aliphatic rings. The maximum Gasteiger partial charge on any atom is 0.131 e. The minimum atomic E-state index is 0.259. The summed E-state index contributed by atoms with van der Waals surface area (Å²) in [5.74, 6) is 2.89. The van der Waals surface area contributed by atoms with Gasteiger partial charge in [-0.1, -0.05) is 42.2 Å². The van der Waals surface area contributed by atoms with Crippen molar-refractivity contribution in [3.05, 3.63) is 35.7 Å². The molecule has 3 heterocycles. The predicted molar refractivity (Wildman–Crippen MR) is 111 cm³/mol. The van der Waals surface area contributed by atoms with Crippen LogP contribution in [0.2, 0.25) is 0 Å². The van der Waals surface area contributed by atoms with Gasteiger partial charge in [-0.2, -0.15) is 0 Å². The maximum absolute atomic E-state index is 10.7. The highest BCUT2D eigenvalue weighted by Crippen LogP contribution is 2.40. The van der Waals surface area contributed by atoms with E-state index in [1.165, 1.54) is 35.7 Å². The van der Waals surface area contributed by atoms with Crippen molar-refractivity contribution in [2.75, 3.05) is 18.0 Å². The Morgan fingerprint density at radius 3 is 2.60 bits per heavy atom. The smallest absolute Gasteiger partial charge is 0.131 e. The number of piperidine rings is 1. The van der Waals surface area contributed by atoms with Crippen LogP contribution in [-0.2, 0) is 4.79 Å². The van der Waals surface area contributed by atoms with Crippen molar-refractivity contribution in [3.63, 3.8) is 0 Å². The Morgan fingerprint density at radius 1 is 1.32 bits per heavy atom. The predicted octanol–water partition coefficient (Wildman–Crippen LogP) is 4.37. The summed E-state index contributed by atoms with van der Waals surface area (Å²) in [7, 11) is 0. The van der Waals surface area contributed by atoms with E-state index < -0.39 is 0 Å². The molecule has 0 N–H and O–H groups in total. The molecule has 0 amide bonds. The molecule has 5 heteroatoms. The van der Waals surface area contributed by atoms with Crippen LogP contribution in [0.4, 0.5) is 5.69 Å². The van der Waals surface area contributed by atoms with Gasteiger partial charge in [-0.15, -0.1) is 0 Å². The molecule has 4 rings (SSSR count). The maximum atomic E-state index is 10.7. The number of thioether (sulfide) groups is 1. The summed E-state index contributed by atoms with van der Waals surface area (Å²) >= 11 is 7.15. The average Bonchev–Trinajstić information content (AvgIpc) is 2.91. The van der Waals surface area contributed by atoms with Gasteiger partial charge < -0.3 is 4.90 Å². The van der Waals surface area contributed by atoms with Gasteiger partial charge in [-0.3, -0.25) is 4.90 Å². The zero-order valence-corrected chi connectivity index (χ0v) is 16.6. The van der Waals surface area contributed by atoms with Crippen LogP contribution in [0.15, 0.2) is 35.7 Å². The lowest BCUT2D eigenvalue weighted by molar-refractivity contribution is 0.152. The van der Waals surface area contributed by atoms with Crippen LogP contribution in [0.25, 0.3) is 0 Å². The summed E-state index contributed by atoms with van der Waals surface area (Å²) in [5, 5.41) is 1.46. The van der Waals surface area contributed by atoms with E-state index in [2.05, 4.69) is 54.0 Å². The fourth-order valence-corrected chi connectivity index (χ4v) is 5.22. The number of rotatable bonds is 5. The first kappa shape index (κ1) is 18.7. The van der Waals surface area contributed by atoms with Crippen LogP contribution in [0, 0.1) is 11.8 Å². The van der Waals surface area contributed by atoms with Crippen LogP contribution < -0.4 is 4.90 Å². The summed E-state index contributed by atoms with van der Waals surface area (Å²) in [5.41, 5.74) is 1.25. The lowest BCUT2D eigenvalue weighted by Crippen LogP contribution is -2.56. The molecular weight excluding hydrogens is 348 g/mol. The molecular formula is C20H26N2OS2. The monoisotopic (exact) mass is 374 g/mol. The van der Waals surface area contributed by atoms with E-state index in [0.29, 0.717) is 6.04 Å². The van der Waals surface area contributed by atoms with Gasteiger partial charge in [-0.25, -0.2) is 4.79 Å². The number of para-hydroxylation sites is 1. The van der Waals surface area contributed by atoms with Gasteiger partial charge in [0.2, 0.25) is 0 Å². The van der Waals surface area contributed by atoms with E-state index in [9.17, 15) is 4.79 Å². The second-order valence-corrected chi connectivity index (χ2v) is 8.85. The second-order valence-electron chi connectivity index (χ2n) is 7.24. The van der Waals surface area contributed by atoms with E-state index >= 15 is 0 Å². The topological polar surface area (TPSA) is 23.6 Å². The van der Waals surface area contributed by atoms with Gasteiger partial charge in [0.1, 0.15) is 5.94 Å². The number of nitrogens with zero attached hydrogens (tertiary/aromatic N) is 2. The van der Waals surface area contributed by atoms with Crippen molar-refractivity contribution in [2.45, 2.75) is 45.3 Å². The second kappa shape index (κ2) is 8.50. The highest BCUT2D eigenvalue weighted by molar-refractivity contribution is 8.25. The van der Waals surface area contributed by atoms with E-state index in [4.69, 9.17) is 12.2 Å². The molecule has 3 aliphatic heterocycles. The van der Waals surface area contributed by atoms with Crippen LogP contribution >= 0.6 is 24.0 Å². The standard InChI is InChI=1S/C20H26N2OS2/c1-15(2)22(17-6-4-3-5-7-17)19-18(20(24)25-13-12-23)14-16-8-10-21(19)11-9-16/h3-7,13,15-16,18-19H,8-11,14H2,1-2H3. The minimum absolute atomic E-state index is 0.259. The molecule has 0 radical (unpaired) electrons. The summed E-state index contributed by atoms with van der Waals surface area (Å²) in [4.78, 5) is 15.8. The van der Waals surface area contributed by atoms with Gasteiger partial charge in [-0.05, 0) is 51.2 Å². The van der Waals surface area contributed by atoms with E-state index in [0.717, 1.165) is 29.6 Å². The molecule has 0 saturated carbocycles. The Morgan fingerprint density at radius 2 is 2.00 bits per heavy atom.